The lowest BCUT2D eigenvalue weighted by Crippen LogP contribution is -2.18. The van der Waals surface area contributed by atoms with E-state index in [4.69, 9.17) is 16.6 Å². The molecule has 0 aliphatic rings. The minimum Gasteiger partial charge on any atom is -0.456 e. The second kappa shape index (κ2) is 5.74. The fraction of sp³-hybridized carbons (Fsp3) is 0. The number of furan rings is 1. The van der Waals surface area contributed by atoms with Crippen molar-refractivity contribution in [3.8, 4) is 0 Å². The van der Waals surface area contributed by atoms with Crippen molar-refractivity contribution in [2.45, 2.75) is 0 Å². The van der Waals surface area contributed by atoms with Crippen LogP contribution >= 0.6 is 12.2 Å². The molecule has 0 fully saturated rings. The maximum absolute atomic E-state index is 5.83. The molecule has 0 amide bonds. The molecule has 0 aliphatic heterocycles. The topological polar surface area (TPSA) is 37.2 Å². The molecule has 4 heteroatoms. The standard InChI is InChI=1S/C19H14N2OS/c23-19(20-13-6-2-1-3-7-13)21-14-10-11-18-16(12-14)15-8-4-5-9-17(15)22-18/h1-12H,(H2,20,21,23). The van der Waals surface area contributed by atoms with Crippen molar-refractivity contribution < 1.29 is 4.42 Å². The number of benzene rings is 3. The number of fused-ring (bicyclic) bond motifs is 3. The van der Waals surface area contributed by atoms with Gasteiger partial charge in [-0.15, -0.1) is 0 Å². The summed E-state index contributed by atoms with van der Waals surface area (Å²) in [6.07, 6.45) is 0. The lowest BCUT2D eigenvalue weighted by atomic mass is 10.1. The summed E-state index contributed by atoms with van der Waals surface area (Å²) < 4.78 is 5.83. The van der Waals surface area contributed by atoms with E-state index in [9.17, 15) is 0 Å². The van der Waals surface area contributed by atoms with Crippen LogP contribution in [0.1, 0.15) is 0 Å². The highest BCUT2D eigenvalue weighted by atomic mass is 32.1. The van der Waals surface area contributed by atoms with Gasteiger partial charge in [-0.3, -0.25) is 0 Å². The first-order valence-electron chi connectivity index (χ1n) is 7.34. The van der Waals surface area contributed by atoms with Crippen LogP contribution in [0.2, 0.25) is 0 Å². The third kappa shape index (κ3) is 2.76. The normalized spacial score (nSPS) is 10.8. The van der Waals surface area contributed by atoms with E-state index >= 15 is 0 Å². The Morgan fingerprint density at radius 2 is 1.39 bits per heavy atom. The Balaban J connectivity index is 1.61. The van der Waals surface area contributed by atoms with Gasteiger partial charge in [0.2, 0.25) is 0 Å². The molecule has 0 spiro atoms. The maximum Gasteiger partial charge on any atom is 0.175 e. The van der Waals surface area contributed by atoms with Gasteiger partial charge in [0.25, 0.3) is 0 Å². The van der Waals surface area contributed by atoms with Crippen LogP contribution in [0.4, 0.5) is 11.4 Å². The first-order chi connectivity index (χ1) is 11.3. The molecule has 0 bridgehead atoms. The van der Waals surface area contributed by atoms with Crippen LogP contribution in [-0.2, 0) is 0 Å². The Bertz CT molecular complexity index is 992. The number of nitrogens with one attached hydrogen (secondary N) is 2. The molecule has 4 rings (SSSR count). The zero-order valence-corrected chi connectivity index (χ0v) is 13.1. The summed E-state index contributed by atoms with van der Waals surface area (Å²) in [5.41, 5.74) is 3.65. The van der Waals surface area contributed by atoms with Crippen molar-refractivity contribution in [3.63, 3.8) is 0 Å². The Morgan fingerprint density at radius 3 is 2.26 bits per heavy atom. The highest BCUT2D eigenvalue weighted by Gasteiger charge is 2.07. The van der Waals surface area contributed by atoms with Gasteiger partial charge in [-0.05, 0) is 48.6 Å². The summed E-state index contributed by atoms with van der Waals surface area (Å²) in [5, 5.41) is 9.12. The zero-order valence-electron chi connectivity index (χ0n) is 12.2. The lowest BCUT2D eigenvalue weighted by molar-refractivity contribution is 0.669. The molecule has 112 valence electrons. The number of hydrogen-bond acceptors (Lipinski definition) is 2. The molecule has 0 aliphatic carbocycles. The van der Waals surface area contributed by atoms with E-state index in [-0.39, 0.29) is 0 Å². The van der Waals surface area contributed by atoms with E-state index in [0.29, 0.717) is 5.11 Å². The average molecular weight is 318 g/mol. The Kier molecular flexibility index (Phi) is 3.44. The number of hydrogen-bond donors (Lipinski definition) is 2. The van der Waals surface area contributed by atoms with E-state index in [1.807, 2.05) is 60.7 Å². The summed E-state index contributed by atoms with van der Waals surface area (Å²) in [5.74, 6) is 0. The van der Waals surface area contributed by atoms with E-state index in [0.717, 1.165) is 33.3 Å². The third-order valence-corrected chi connectivity index (χ3v) is 3.87. The van der Waals surface area contributed by atoms with Gasteiger partial charge in [0.05, 0.1) is 0 Å². The van der Waals surface area contributed by atoms with Crippen molar-refractivity contribution in [1.82, 2.24) is 0 Å². The second-order valence-electron chi connectivity index (χ2n) is 5.25. The van der Waals surface area contributed by atoms with Crippen LogP contribution in [0.25, 0.3) is 21.9 Å². The van der Waals surface area contributed by atoms with Gasteiger partial charge in [-0.2, -0.15) is 0 Å². The number of anilines is 2. The minimum atomic E-state index is 0.559. The molecule has 1 heterocycles. The predicted octanol–water partition coefficient (Wildman–Crippen LogP) is 5.39. The minimum absolute atomic E-state index is 0.559. The molecule has 0 unspecified atom stereocenters. The van der Waals surface area contributed by atoms with Crippen molar-refractivity contribution in [2.24, 2.45) is 0 Å². The molecule has 1 aromatic heterocycles. The quantitative estimate of drug-likeness (QED) is 0.486. The van der Waals surface area contributed by atoms with Crippen LogP contribution < -0.4 is 10.6 Å². The van der Waals surface area contributed by atoms with Crippen molar-refractivity contribution in [1.29, 1.82) is 0 Å². The summed E-state index contributed by atoms with van der Waals surface area (Å²) in [7, 11) is 0. The Hall–Kier alpha value is -2.85. The summed E-state index contributed by atoms with van der Waals surface area (Å²) in [6, 6.07) is 23.9. The van der Waals surface area contributed by atoms with Gasteiger partial charge in [0.15, 0.2) is 5.11 Å². The fourth-order valence-corrected chi connectivity index (χ4v) is 2.85. The highest BCUT2D eigenvalue weighted by molar-refractivity contribution is 7.80. The Morgan fingerprint density at radius 1 is 0.696 bits per heavy atom. The molecule has 23 heavy (non-hydrogen) atoms. The van der Waals surface area contributed by atoms with E-state index in [1.54, 1.807) is 0 Å². The van der Waals surface area contributed by atoms with Crippen molar-refractivity contribution in [3.05, 3.63) is 72.8 Å². The van der Waals surface area contributed by atoms with Crippen LogP contribution in [-0.4, -0.2) is 5.11 Å². The number of para-hydroxylation sites is 2. The van der Waals surface area contributed by atoms with E-state index < -0.39 is 0 Å². The van der Waals surface area contributed by atoms with Gasteiger partial charge in [-0.1, -0.05) is 36.4 Å². The smallest absolute Gasteiger partial charge is 0.175 e. The molecule has 0 atom stereocenters. The van der Waals surface area contributed by atoms with Crippen LogP contribution in [0.5, 0.6) is 0 Å². The summed E-state index contributed by atoms with van der Waals surface area (Å²) >= 11 is 5.37. The van der Waals surface area contributed by atoms with Crippen LogP contribution in [0.15, 0.2) is 77.2 Å². The molecule has 0 radical (unpaired) electrons. The molecule has 2 N–H and O–H groups in total. The second-order valence-corrected chi connectivity index (χ2v) is 5.66. The highest BCUT2D eigenvalue weighted by Crippen LogP contribution is 2.30. The fourth-order valence-electron chi connectivity index (χ4n) is 2.62. The average Bonchev–Trinajstić information content (AvgIpc) is 2.94. The molecular formula is C19H14N2OS. The first-order valence-corrected chi connectivity index (χ1v) is 7.75. The molecule has 4 aromatic rings. The number of rotatable bonds is 2. The van der Waals surface area contributed by atoms with Gasteiger partial charge < -0.3 is 15.1 Å². The van der Waals surface area contributed by atoms with Crippen molar-refractivity contribution >= 4 is 50.6 Å². The van der Waals surface area contributed by atoms with Crippen molar-refractivity contribution in [2.75, 3.05) is 10.6 Å². The maximum atomic E-state index is 5.83. The van der Waals surface area contributed by atoms with E-state index in [1.165, 1.54) is 0 Å². The SMILES string of the molecule is S=C(Nc1ccccc1)Nc1ccc2oc3ccccc3c2c1. The molecule has 0 saturated heterocycles. The zero-order chi connectivity index (χ0) is 15.6. The van der Waals surface area contributed by atoms with Gasteiger partial charge in [0, 0.05) is 22.1 Å². The monoisotopic (exact) mass is 318 g/mol. The van der Waals surface area contributed by atoms with Gasteiger partial charge in [0.1, 0.15) is 11.2 Å². The first kappa shape index (κ1) is 13.8. The third-order valence-electron chi connectivity index (χ3n) is 3.67. The summed E-state index contributed by atoms with van der Waals surface area (Å²) in [6.45, 7) is 0. The molecule has 3 nitrogen and oxygen atoms in total. The van der Waals surface area contributed by atoms with Crippen LogP contribution in [0.3, 0.4) is 0 Å². The number of thiocarbonyl (C=S) groups is 1. The molecular weight excluding hydrogens is 304 g/mol. The molecule has 3 aromatic carbocycles. The predicted molar refractivity (Wildman–Crippen MR) is 100 cm³/mol. The van der Waals surface area contributed by atoms with Crippen LogP contribution in [0, 0.1) is 0 Å². The lowest BCUT2D eigenvalue weighted by Gasteiger charge is -2.10. The van der Waals surface area contributed by atoms with Gasteiger partial charge >= 0.3 is 0 Å². The largest absolute Gasteiger partial charge is 0.456 e. The summed E-state index contributed by atoms with van der Waals surface area (Å²) in [4.78, 5) is 0. The molecule has 0 saturated carbocycles. The Labute approximate surface area is 138 Å². The van der Waals surface area contributed by atoms with E-state index in [2.05, 4.69) is 22.8 Å². The van der Waals surface area contributed by atoms with Gasteiger partial charge in [-0.25, -0.2) is 0 Å².